The van der Waals surface area contributed by atoms with Crippen LogP contribution in [0.1, 0.15) is 30.3 Å². The molecule has 1 aliphatic rings. The first-order valence-corrected chi connectivity index (χ1v) is 7.02. The Morgan fingerprint density at radius 1 is 1.42 bits per heavy atom. The van der Waals surface area contributed by atoms with Crippen LogP contribution >= 0.6 is 34.8 Å². The standard InChI is InChI=1S/C12H13Cl3N2O2/c1-2-3-12(19)5-17(6-12)11(18)10-9(15)8(14)7(13)4-16-10/h4,19H,2-3,5-6H2,1H3. The molecule has 0 spiro atoms. The molecular formula is C12H13Cl3N2O2. The van der Waals surface area contributed by atoms with E-state index in [0.717, 1.165) is 6.42 Å². The van der Waals surface area contributed by atoms with Crippen molar-refractivity contribution in [3.8, 4) is 0 Å². The number of nitrogens with zero attached hydrogens (tertiary/aromatic N) is 2. The van der Waals surface area contributed by atoms with Crippen LogP contribution in [0.2, 0.25) is 15.1 Å². The molecule has 1 saturated heterocycles. The molecule has 104 valence electrons. The van der Waals surface area contributed by atoms with E-state index >= 15 is 0 Å². The lowest BCUT2D eigenvalue weighted by Gasteiger charge is -2.46. The first-order valence-electron chi connectivity index (χ1n) is 5.89. The van der Waals surface area contributed by atoms with Gasteiger partial charge in [0.1, 0.15) is 5.69 Å². The summed E-state index contributed by atoms with van der Waals surface area (Å²) in [6.07, 6.45) is 2.82. The van der Waals surface area contributed by atoms with Crippen LogP contribution in [0.4, 0.5) is 0 Å². The number of hydrogen-bond acceptors (Lipinski definition) is 3. The minimum Gasteiger partial charge on any atom is -0.386 e. The van der Waals surface area contributed by atoms with Gasteiger partial charge < -0.3 is 10.0 Å². The molecule has 1 aliphatic heterocycles. The van der Waals surface area contributed by atoms with Crippen molar-refractivity contribution >= 4 is 40.7 Å². The summed E-state index contributed by atoms with van der Waals surface area (Å²) in [6.45, 7) is 2.57. The lowest BCUT2D eigenvalue weighted by atomic mass is 9.89. The molecular weight excluding hydrogens is 311 g/mol. The van der Waals surface area contributed by atoms with Gasteiger partial charge in [0.2, 0.25) is 0 Å². The number of carbonyl (C=O) groups excluding carboxylic acids is 1. The average Bonchev–Trinajstić information content (AvgIpc) is 2.33. The maximum atomic E-state index is 12.2. The quantitative estimate of drug-likeness (QED) is 0.930. The second-order valence-electron chi connectivity index (χ2n) is 4.72. The normalized spacial score (nSPS) is 17.2. The molecule has 1 fully saturated rings. The van der Waals surface area contributed by atoms with Crippen molar-refractivity contribution in [1.82, 2.24) is 9.88 Å². The summed E-state index contributed by atoms with van der Waals surface area (Å²) in [4.78, 5) is 17.6. The summed E-state index contributed by atoms with van der Waals surface area (Å²) in [6, 6.07) is 0. The number of likely N-dealkylation sites (tertiary alicyclic amines) is 1. The van der Waals surface area contributed by atoms with Crippen molar-refractivity contribution in [3.63, 3.8) is 0 Å². The van der Waals surface area contributed by atoms with E-state index in [-0.39, 0.29) is 39.8 Å². The number of β-amino-alcohol motifs (C(OH)–C–C–N with tert-alkyl or cyclic N) is 1. The van der Waals surface area contributed by atoms with E-state index in [9.17, 15) is 9.90 Å². The minimum atomic E-state index is -0.785. The molecule has 0 aliphatic carbocycles. The monoisotopic (exact) mass is 322 g/mol. The fourth-order valence-electron chi connectivity index (χ4n) is 2.17. The Hall–Kier alpha value is -0.550. The molecule has 19 heavy (non-hydrogen) atoms. The second-order valence-corrected chi connectivity index (χ2v) is 5.88. The third kappa shape index (κ3) is 2.82. The number of halogens is 3. The van der Waals surface area contributed by atoms with E-state index in [1.165, 1.54) is 11.1 Å². The molecule has 1 aromatic rings. The molecule has 2 rings (SSSR count). The zero-order chi connectivity index (χ0) is 14.2. The number of amides is 1. The molecule has 4 nitrogen and oxygen atoms in total. The van der Waals surface area contributed by atoms with Gasteiger partial charge in [-0.3, -0.25) is 4.79 Å². The smallest absolute Gasteiger partial charge is 0.274 e. The second kappa shape index (κ2) is 5.44. The molecule has 1 aromatic heterocycles. The van der Waals surface area contributed by atoms with Gasteiger partial charge in [-0.1, -0.05) is 48.1 Å². The highest BCUT2D eigenvalue weighted by molar-refractivity contribution is 6.48. The van der Waals surface area contributed by atoms with Gasteiger partial charge in [-0.05, 0) is 6.42 Å². The largest absolute Gasteiger partial charge is 0.386 e. The first-order chi connectivity index (χ1) is 8.88. The van der Waals surface area contributed by atoms with Gasteiger partial charge in [0.25, 0.3) is 5.91 Å². The SMILES string of the molecule is CCCC1(O)CN(C(=O)c2ncc(Cl)c(Cl)c2Cl)C1. The minimum absolute atomic E-state index is 0.0464. The highest BCUT2D eigenvalue weighted by atomic mass is 35.5. The number of rotatable bonds is 3. The van der Waals surface area contributed by atoms with E-state index in [4.69, 9.17) is 34.8 Å². The number of pyridine rings is 1. The zero-order valence-corrected chi connectivity index (χ0v) is 12.6. The van der Waals surface area contributed by atoms with Crippen LogP contribution in [0.15, 0.2) is 6.20 Å². The predicted octanol–water partition coefficient (Wildman–Crippen LogP) is 3.03. The number of carbonyl (C=O) groups is 1. The summed E-state index contributed by atoms with van der Waals surface area (Å²) >= 11 is 17.6. The third-order valence-electron chi connectivity index (χ3n) is 3.09. The summed E-state index contributed by atoms with van der Waals surface area (Å²) in [5.74, 6) is -0.343. The lowest BCUT2D eigenvalue weighted by molar-refractivity contribution is -0.0861. The number of aromatic nitrogens is 1. The van der Waals surface area contributed by atoms with Crippen LogP contribution in [-0.2, 0) is 0 Å². The van der Waals surface area contributed by atoms with Crippen molar-refractivity contribution in [1.29, 1.82) is 0 Å². The lowest BCUT2D eigenvalue weighted by Crippen LogP contribution is -2.63. The van der Waals surface area contributed by atoms with Crippen molar-refractivity contribution < 1.29 is 9.90 Å². The molecule has 0 aromatic carbocycles. The predicted molar refractivity (Wildman–Crippen MR) is 75.0 cm³/mol. The van der Waals surface area contributed by atoms with Gasteiger partial charge in [0.15, 0.2) is 0 Å². The Bertz CT molecular complexity index is 516. The van der Waals surface area contributed by atoms with Gasteiger partial charge in [0.05, 0.1) is 33.8 Å². The molecule has 7 heteroatoms. The van der Waals surface area contributed by atoms with Crippen LogP contribution < -0.4 is 0 Å². The molecule has 2 heterocycles. The maximum Gasteiger partial charge on any atom is 0.274 e. The van der Waals surface area contributed by atoms with E-state index in [2.05, 4.69) is 4.98 Å². The van der Waals surface area contributed by atoms with Gasteiger partial charge in [-0.15, -0.1) is 0 Å². The molecule has 0 saturated carbocycles. The Kier molecular flexibility index (Phi) is 4.26. The summed E-state index contributed by atoms with van der Waals surface area (Å²) in [5.41, 5.74) is -0.720. The van der Waals surface area contributed by atoms with Gasteiger partial charge in [-0.25, -0.2) is 4.98 Å². The average molecular weight is 324 g/mol. The van der Waals surface area contributed by atoms with Gasteiger partial charge in [-0.2, -0.15) is 0 Å². The molecule has 0 atom stereocenters. The van der Waals surface area contributed by atoms with Crippen molar-refractivity contribution in [3.05, 3.63) is 27.0 Å². The molecule has 0 unspecified atom stereocenters. The fourth-order valence-corrected chi connectivity index (χ4v) is 2.73. The Balaban J connectivity index is 2.13. The van der Waals surface area contributed by atoms with E-state index in [1.54, 1.807) is 0 Å². The number of hydrogen-bond donors (Lipinski definition) is 1. The zero-order valence-electron chi connectivity index (χ0n) is 10.3. The van der Waals surface area contributed by atoms with Crippen LogP contribution in [0.3, 0.4) is 0 Å². The third-order valence-corrected chi connectivity index (χ3v) is 4.33. The van der Waals surface area contributed by atoms with E-state index in [0.29, 0.717) is 6.42 Å². The summed E-state index contributed by atoms with van der Waals surface area (Å²) in [7, 11) is 0. The Labute approximate surface area is 126 Å². The van der Waals surface area contributed by atoms with Crippen LogP contribution in [0.5, 0.6) is 0 Å². The fraction of sp³-hybridized carbons (Fsp3) is 0.500. The highest BCUT2D eigenvalue weighted by Crippen LogP contribution is 2.33. The van der Waals surface area contributed by atoms with E-state index in [1.807, 2.05) is 6.92 Å². The maximum absolute atomic E-state index is 12.2. The first kappa shape index (κ1) is 14.9. The Morgan fingerprint density at radius 3 is 2.63 bits per heavy atom. The molecule has 1 amide bonds. The number of aliphatic hydroxyl groups is 1. The van der Waals surface area contributed by atoms with Crippen molar-refractivity contribution in [2.75, 3.05) is 13.1 Å². The van der Waals surface area contributed by atoms with Crippen LogP contribution in [-0.4, -0.2) is 39.6 Å². The van der Waals surface area contributed by atoms with Gasteiger partial charge >= 0.3 is 0 Å². The van der Waals surface area contributed by atoms with Crippen LogP contribution in [0, 0.1) is 0 Å². The van der Waals surface area contributed by atoms with Gasteiger partial charge in [0, 0.05) is 6.20 Å². The Morgan fingerprint density at radius 2 is 2.05 bits per heavy atom. The van der Waals surface area contributed by atoms with E-state index < -0.39 is 5.60 Å². The summed E-state index contributed by atoms with van der Waals surface area (Å²) in [5, 5.41) is 10.4. The highest BCUT2D eigenvalue weighted by Gasteiger charge is 2.43. The molecule has 1 N–H and O–H groups in total. The topological polar surface area (TPSA) is 53.4 Å². The summed E-state index contributed by atoms with van der Waals surface area (Å²) < 4.78 is 0. The molecule has 0 radical (unpaired) electrons. The van der Waals surface area contributed by atoms with Crippen molar-refractivity contribution in [2.45, 2.75) is 25.4 Å². The molecule has 0 bridgehead atoms. The van der Waals surface area contributed by atoms with Crippen LogP contribution in [0.25, 0.3) is 0 Å². The van der Waals surface area contributed by atoms with Crippen molar-refractivity contribution in [2.24, 2.45) is 0 Å².